The molecule has 1 heterocycles. The van der Waals surface area contributed by atoms with E-state index >= 15 is 0 Å². The van der Waals surface area contributed by atoms with Crippen molar-refractivity contribution in [3.05, 3.63) is 41.7 Å². The summed E-state index contributed by atoms with van der Waals surface area (Å²) in [7, 11) is 0. The van der Waals surface area contributed by atoms with Gasteiger partial charge in [-0.25, -0.2) is 4.39 Å². The van der Waals surface area contributed by atoms with E-state index < -0.39 is 0 Å². The first-order chi connectivity index (χ1) is 6.85. The molecule has 1 aromatic carbocycles. The Hall–Kier alpha value is -1.35. The van der Waals surface area contributed by atoms with Crippen LogP contribution in [0, 0.1) is 0 Å². The van der Waals surface area contributed by atoms with Gasteiger partial charge in [0.25, 0.3) is 0 Å². The molecule has 14 heavy (non-hydrogen) atoms. The highest BCUT2D eigenvalue weighted by Gasteiger charge is 2.24. The Bertz CT molecular complexity index is 337. The van der Waals surface area contributed by atoms with E-state index in [0.29, 0.717) is 18.3 Å². The van der Waals surface area contributed by atoms with Gasteiger partial charge in [-0.2, -0.15) is 0 Å². The lowest BCUT2D eigenvalue weighted by Crippen LogP contribution is -2.21. The van der Waals surface area contributed by atoms with Crippen molar-refractivity contribution in [3.63, 3.8) is 0 Å². The lowest BCUT2D eigenvalue weighted by molar-refractivity contribution is 0.266. The Morgan fingerprint density at radius 2 is 2.36 bits per heavy atom. The summed E-state index contributed by atoms with van der Waals surface area (Å²) in [5.74, 6) is 0.838. The third kappa shape index (κ3) is 1.51. The van der Waals surface area contributed by atoms with Crippen LogP contribution in [0.3, 0.4) is 0 Å². The Labute approximate surface area is 82.2 Å². The molecule has 1 unspecified atom stereocenters. The van der Waals surface area contributed by atoms with Gasteiger partial charge < -0.3 is 10.5 Å². The van der Waals surface area contributed by atoms with Gasteiger partial charge in [0.1, 0.15) is 11.9 Å². The maximum absolute atomic E-state index is 12.4. The highest BCUT2D eigenvalue weighted by molar-refractivity contribution is 5.39. The fourth-order valence-corrected chi connectivity index (χ4v) is 1.64. The molecule has 0 aromatic heterocycles. The van der Waals surface area contributed by atoms with Gasteiger partial charge in [0.2, 0.25) is 0 Å². The molecular weight excluding hydrogens is 181 g/mol. The normalized spacial score (nSPS) is 20.4. The number of nitrogens with two attached hydrogens (primary N) is 1. The summed E-state index contributed by atoms with van der Waals surface area (Å²) in [6.45, 7) is 0.204. The first-order valence-electron chi connectivity index (χ1n) is 4.59. The van der Waals surface area contributed by atoms with Crippen LogP contribution in [-0.2, 0) is 6.42 Å². The molecule has 2 N–H and O–H groups in total. The van der Waals surface area contributed by atoms with Gasteiger partial charge in [-0.05, 0) is 11.6 Å². The Morgan fingerprint density at radius 3 is 3.00 bits per heavy atom. The van der Waals surface area contributed by atoms with Gasteiger partial charge in [-0.15, -0.1) is 0 Å². The van der Waals surface area contributed by atoms with Crippen molar-refractivity contribution >= 4 is 0 Å². The summed E-state index contributed by atoms with van der Waals surface area (Å²) in [6, 6.07) is 7.73. The number of fused-ring (bicyclic) bond motifs is 1. The minimum absolute atomic E-state index is 0.204. The largest absolute Gasteiger partial charge is 0.485 e. The molecule has 0 saturated heterocycles. The molecule has 0 fully saturated rings. The highest BCUT2D eigenvalue weighted by Crippen LogP contribution is 2.30. The van der Waals surface area contributed by atoms with Crippen LogP contribution in [0.1, 0.15) is 5.56 Å². The Kier molecular flexibility index (Phi) is 2.50. The summed E-state index contributed by atoms with van der Waals surface area (Å²) in [4.78, 5) is 0. The van der Waals surface area contributed by atoms with E-state index in [1.165, 1.54) is 0 Å². The van der Waals surface area contributed by atoms with Crippen LogP contribution < -0.4 is 10.5 Å². The molecule has 0 spiro atoms. The first-order valence-corrected chi connectivity index (χ1v) is 4.59. The molecular formula is C11H12FNO. The number of para-hydroxylation sites is 1. The second-order valence-corrected chi connectivity index (χ2v) is 3.31. The maximum atomic E-state index is 12.4. The van der Waals surface area contributed by atoms with E-state index in [4.69, 9.17) is 10.5 Å². The highest BCUT2D eigenvalue weighted by atomic mass is 19.1. The molecule has 1 aliphatic heterocycles. The second kappa shape index (κ2) is 3.80. The first kappa shape index (κ1) is 9.21. The quantitative estimate of drug-likeness (QED) is 0.777. The zero-order valence-corrected chi connectivity index (χ0v) is 7.74. The zero-order valence-electron chi connectivity index (χ0n) is 7.74. The van der Waals surface area contributed by atoms with E-state index in [-0.39, 0.29) is 12.6 Å². The minimum Gasteiger partial charge on any atom is -0.485 e. The molecule has 1 aliphatic rings. The van der Waals surface area contributed by atoms with Gasteiger partial charge in [-0.1, -0.05) is 18.2 Å². The molecule has 0 saturated carbocycles. The summed E-state index contributed by atoms with van der Waals surface area (Å²) in [6.07, 6.45) is 1.04. The van der Waals surface area contributed by atoms with Crippen LogP contribution in [0.4, 0.5) is 4.39 Å². The minimum atomic E-state index is -0.220. The number of hydrogen-bond acceptors (Lipinski definition) is 2. The van der Waals surface area contributed by atoms with Crippen LogP contribution in [0.5, 0.6) is 5.75 Å². The standard InChI is InChI=1S/C11H12FNO/c12-6-9(7-13)11-5-8-3-1-2-4-10(8)14-11/h1-4,6,11H,5,7,13H2/b9-6+. The number of ether oxygens (including phenoxy) is 1. The predicted octanol–water partition coefficient (Wildman–Crippen LogP) is 1.80. The monoisotopic (exact) mass is 193 g/mol. The van der Waals surface area contributed by atoms with Crippen LogP contribution >= 0.6 is 0 Å². The van der Waals surface area contributed by atoms with Crippen LogP contribution in [0.2, 0.25) is 0 Å². The summed E-state index contributed by atoms with van der Waals surface area (Å²) >= 11 is 0. The molecule has 2 rings (SSSR count). The molecule has 3 heteroatoms. The molecule has 74 valence electrons. The summed E-state index contributed by atoms with van der Waals surface area (Å²) < 4.78 is 18.0. The number of halogens is 1. The van der Waals surface area contributed by atoms with Crippen molar-refractivity contribution < 1.29 is 9.13 Å². The van der Waals surface area contributed by atoms with Gasteiger partial charge >= 0.3 is 0 Å². The third-order valence-corrected chi connectivity index (χ3v) is 2.44. The van der Waals surface area contributed by atoms with Crippen LogP contribution in [-0.4, -0.2) is 12.6 Å². The Balaban J connectivity index is 2.19. The molecule has 0 radical (unpaired) electrons. The average molecular weight is 193 g/mol. The molecule has 0 aliphatic carbocycles. The van der Waals surface area contributed by atoms with Crippen molar-refractivity contribution in [2.45, 2.75) is 12.5 Å². The molecule has 2 nitrogen and oxygen atoms in total. The van der Waals surface area contributed by atoms with Crippen molar-refractivity contribution in [1.82, 2.24) is 0 Å². The Morgan fingerprint density at radius 1 is 1.57 bits per heavy atom. The van der Waals surface area contributed by atoms with E-state index in [9.17, 15) is 4.39 Å². The number of rotatable bonds is 2. The topological polar surface area (TPSA) is 35.2 Å². The number of hydrogen-bond donors (Lipinski definition) is 1. The molecule has 1 atom stereocenters. The van der Waals surface area contributed by atoms with Crippen molar-refractivity contribution in [2.75, 3.05) is 6.54 Å². The van der Waals surface area contributed by atoms with Crippen LogP contribution in [0.25, 0.3) is 0 Å². The SMILES string of the molecule is NC/C(=C\F)C1Cc2ccccc2O1. The van der Waals surface area contributed by atoms with Gasteiger partial charge in [0.15, 0.2) is 0 Å². The predicted molar refractivity (Wildman–Crippen MR) is 52.8 cm³/mol. The van der Waals surface area contributed by atoms with Gasteiger partial charge in [-0.3, -0.25) is 0 Å². The lowest BCUT2D eigenvalue weighted by atomic mass is 10.1. The van der Waals surface area contributed by atoms with Crippen molar-refractivity contribution in [1.29, 1.82) is 0 Å². The summed E-state index contributed by atoms with van der Waals surface area (Å²) in [5, 5.41) is 0. The van der Waals surface area contributed by atoms with E-state index in [1.807, 2.05) is 24.3 Å². The molecule has 0 bridgehead atoms. The van der Waals surface area contributed by atoms with Crippen LogP contribution in [0.15, 0.2) is 36.2 Å². The van der Waals surface area contributed by atoms with Crippen molar-refractivity contribution in [3.8, 4) is 5.75 Å². The second-order valence-electron chi connectivity index (χ2n) is 3.31. The smallest absolute Gasteiger partial charge is 0.128 e. The van der Waals surface area contributed by atoms with Crippen molar-refractivity contribution in [2.24, 2.45) is 5.73 Å². The average Bonchev–Trinajstić information content (AvgIpc) is 2.63. The maximum Gasteiger partial charge on any atom is 0.128 e. The number of benzene rings is 1. The zero-order chi connectivity index (χ0) is 9.97. The molecule has 0 amide bonds. The van der Waals surface area contributed by atoms with E-state index in [0.717, 1.165) is 11.3 Å². The fourth-order valence-electron chi connectivity index (χ4n) is 1.64. The third-order valence-electron chi connectivity index (χ3n) is 2.44. The van der Waals surface area contributed by atoms with E-state index in [2.05, 4.69) is 0 Å². The fraction of sp³-hybridized carbons (Fsp3) is 0.273. The van der Waals surface area contributed by atoms with E-state index in [1.54, 1.807) is 0 Å². The molecule has 1 aromatic rings. The lowest BCUT2D eigenvalue weighted by Gasteiger charge is -2.11. The van der Waals surface area contributed by atoms with Gasteiger partial charge in [0, 0.05) is 18.5 Å². The van der Waals surface area contributed by atoms with Gasteiger partial charge in [0.05, 0.1) is 6.33 Å². The summed E-state index contributed by atoms with van der Waals surface area (Å²) in [5.41, 5.74) is 7.04.